The highest BCUT2D eigenvalue weighted by Gasteiger charge is 2.21. The van der Waals surface area contributed by atoms with Gasteiger partial charge in [-0.25, -0.2) is 0 Å². The molecule has 1 rings (SSSR count). The fraction of sp³-hybridized carbons (Fsp3) is 0.500. The number of carbonyl (C=O) groups is 1. The number of unbranched alkanes of at least 4 members (excludes halogenated alkanes) is 1. The smallest absolute Gasteiger partial charge is 0.244 e. The first-order chi connectivity index (χ1) is 8.70. The minimum Gasteiger partial charge on any atom is -0.395 e. The first kappa shape index (κ1) is 14.7. The van der Waals surface area contributed by atoms with E-state index in [0.717, 1.165) is 18.4 Å². The summed E-state index contributed by atoms with van der Waals surface area (Å²) in [6, 6.07) is 8.67. The molecule has 3 N–H and O–H groups in total. The van der Waals surface area contributed by atoms with Gasteiger partial charge in [0.2, 0.25) is 5.91 Å². The number of aliphatic hydroxyl groups excluding tert-OH is 1. The van der Waals surface area contributed by atoms with Crippen molar-refractivity contribution < 1.29 is 9.90 Å². The monoisotopic (exact) mass is 250 g/mol. The van der Waals surface area contributed by atoms with Crippen LogP contribution in [-0.4, -0.2) is 35.6 Å². The SMILES string of the molecule is CCCCN(CCO)C(=O)[C@@H](N)c1ccccc1. The van der Waals surface area contributed by atoms with Crippen molar-refractivity contribution in [3.8, 4) is 0 Å². The second-order valence-corrected chi connectivity index (χ2v) is 4.29. The highest BCUT2D eigenvalue weighted by Crippen LogP contribution is 2.13. The highest BCUT2D eigenvalue weighted by atomic mass is 16.3. The van der Waals surface area contributed by atoms with E-state index in [4.69, 9.17) is 10.8 Å². The van der Waals surface area contributed by atoms with E-state index in [2.05, 4.69) is 6.92 Å². The number of nitrogens with zero attached hydrogens (tertiary/aromatic N) is 1. The minimum atomic E-state index is -0.644. The van der Waals surface area contributed by atoms with Crippen LogP contribution in [0.3, 0.4) is 0 Å². The van der Waals surface area contributed by atoms with E-state index in [1.54, 1.807) is 4.90 Å². The maximum absolute atomic E-state index is 12.2. The van der Waals surface area contributed by atoms with Crippen LogP contribution < -0.4 is 5.73 Å². The van der Waals surface area contributed by atoms with Gasteiger partial charge in [0.25, 0.3) is 0 Å². The van der Waals surface area contributed by atoms with E-state index < -0.39 is 6.04 Å². The van der Waals surface area contributed by atoms with E-state index in [0.29, 0.717) is 13.1 Å². The third-order valence-corrected chi connectivity index (χ3v) is 2.89. The standard InChI is InChI=1S/C14H22N2O2/c1-2-3-9-16(10-11-17)14(18)13(15)12-7-5-4-6-8-12/h4-8,13,17H,2-3,9-11,15H2,1H3/t13-/m0/s1. The third-order valence-electron chi connectivity index (χ3n) is 2.89. The topological polar surface area (TPSA) is 66.6 Å². The third kappa shape index (κ3) is 4.13. The molecule has 0 saturated carbocycles. The normalized spacial score (nSPS) is 12.2. The van der Waals surface area contributed by atoms with Crippen LogP contribution in [0.15, 0.2) is 30.3 Å². The van der Waals surface area contributed by atoms with Crippen molar-refractivity contribution in [2.45, 2.75) is 25.8 Å². The summed E-state index contributed by atoms with van der Waals surface area (Å²) in [7, 11) is 0. The van der Waals surface area contributed by atoms with Crippen molar-refractivity contribution in [1.82, 2.24) is 4.90 Å². The Labute approximate surface area is 108 Å². The average Bonchev–Trinajstić information content (AvgIpc) is 2.43. The summed E-state index contributed by atoms with van der Waals surface area (Å²) in [6.07, 6.45) is 1.93. The Morgan fingerprint density at radius 2 is 2.00 bits per heavy atom. The number of nitrogens with two attached hydrogens (primary N) is 1. The number of rotatable bonds is 7. The molecule has 0 aliphatic rings. The summed E-state index contributed by atoms with van der Waals surface area (Å²) in [5, 5.41) is 9.00. The fourth-order valence-corrected chi connectivity index (χ4v) is 1.80. The van der Waals surface area contributed by atoms with Crippen LogP contribution in [-0.2, 0) is 4.79 Å². The molecule has 0 aliphatic heterocycles. The van der Waals surface area contributed by atoms with E-state index in [1.807, 2.05) is 30.3 Å². The summed E-state index contributed by atoms with van der Waals surface area (Å²) in [6.45, 7) is 3.03. The summed E-state index contributed by atoms with van der Waals surface area (Å²) in [5.41, 5.74) is 6.78. The Bertz CT molecular complexity index is 354. The molecule has 1 atom stereocenters. The number of amides is 1. The molecule has 1 aromatic rings. The quantitative estimate of drug-likeness (QED) is 0.766. The minimum absolute atomic E-state index is 0.0308. The number of aliphatic hydroxyl groups is 1. The lowest BCUT2D eigenvalue weighted by Gasteiger charge is -2.25. The molecule has 0 bridgehead atoms. The summed E-state index contributed by atoms with van der Waals surface area (Å²) >= 11 is 0. The molecule has 1 amide bonds. The molecule has 0 fully saturated rings. The molecule has 0 heterocycles. The van der Waals surface area contributed by atoms with Crippen molar-refractivity contribution in [3.63, 3.8) is 0 Å². The molecule has 0 radical (unpaired) electrons. The Morgan fingerprint density at radius 3 is 2.56 bits per heavy atom. The first-order valence-electron chi connectivity index (χ1n) is 6.40. The largest absolute Gasteiger partial charge is 0.395 e. The maximum Gasteiger partial charge on any atom is 0.244 e. The fourth-order valence-electron chi connectivity index (χ4n) is 1.80. The van der Waals surface area contributed by atoms with Crippen molar-refractivity contribution in [1.29, 1.82) is 0 Å². The van der Waals surface area contributed by atoms with Crippen molar-refractivity contribution >= 4 is 5.91 Å². The molecular weight excluding hydrogens is 228 g/mol. The summed E-state index contributed by atoms with van der Waals surface area (Å²) in [4.78, 5) is 13.9. The zero-order valence-corrected chi connectivity index (χ0v) is 10.9. The lowest BCUT2D eigenvalue weighted by Crippen LogP contribution is -2.40. The van der Waals surface area contributed by atoms with Crippen LogP contribution in [0.5, 0.6) is 0 Å². The summed E-state index contributed by atoms with van der Waals surface area (Å²) in [5.74, 6) is -0.122. The molecule has 4 nitrogen and oxygen atoms in total. The average molecular weight is 250 g/mol. The van der Waals surface area contributed by atoms with Crippen LogP contribution in [0.4, 0.5) is 0 Å². The second-order valence-electron chi connectivity index (χ2n) is 4.29. The maximum atomic E-state index is 12.2. The predicted octanol–water partition coefficient (Wildman–Crippen LogP) is 1.31. The van der Waals surface area contributed by atoms with E-state index in [9.17, 15) is 4.79 Å². The first-order valence-corrected chi connectivity index (χ1v) is 6.40. The molecule has 18 heavy (non-hydrogen) atoms. The zero-order chi connectivity index (χ0) is 13.4. The van der Waals surface area contributed by atoms with Gasteiger partial charge in [0.1, 0.15) is 6.04 Å². The van der Waals surface area contributed by atoms with Crippen molar-refractivity contribution in [2.24, 2.45) is 5.73 Å². The van der Waals surface area contributed by atoms with Crippen LogP contribution >= 0.6 is 0 Å². The molecule has 0 saturated heterocycles. The van der Waals surface area contributed by atoms with Gasteiger partial charge in [0, 0.05) is 13.1 Å². The van der Waals surface area contributed by atoms with Gasteiger partial charge in [-0.1, -0.05) is 43.7 Å². The number of hydrogen-bond donors (Lipinski definition) is 2. The van der Waals surface area contributed by atoms with Crippen LogP contribution in [0.25, 0.3) is 0 Å². The molecular formula is C14H22N2O2. The molecule has 1 aromatic carbocycles. The van der Waals surface area contributed by atoms with Crippen molar-refractivity contribution in [3.05, 3.63) is 35.9 Å². The lowest BCUT2D eigenvalue weighted by atomic mass is 10.1. The molecule has 4 heteroatoms. The number of benzene rings is 1. The summed E-state index contributed by atoms with van der Waals surface area (Å²) < 4.78 is 0. The zero-order valence-electron chi connectivity index (χ0n) is 10.9. The van der Waals surface area contributed by atoms with Gasteiger partial charge < -0.3 is 15.7 Å². The highest BCUT2D eigenvalue weighted by molar-refractivity contribution is 5.83. The van der Waals surface area contributed by atoms with E-state index in [1.165, 1.54) is 0 Å². The molecule has 100 valence electrons. The van der Waals surface area contributed by atoms with Gasteiger partial charge in [-0.2, -0.15) is 0 Å². The lowest BCUT2D eigenvalue weighted by molar-refractivity contribution is -0.133. The van der Waals surface area contributed by atoms with Gasteiger partial charge in [0.15, 0.2) is 0 Å². The van der Waals surface area contributed by atoms with E-state index >= 15 is 0 Å². The number of hydrogen-bond acceptors (Lipinski definition) is 3. The number of carbonyl (C=O) groups excluding carboxylic acids is 1. The van der Waals surface area contributed by atoms with E-state index in [-0.39, 0.29) is 12.5 Å². The molecule has 0 aromatic heterocycles. The van der Waals surface area contributed by atoms with Gasteiger partial charge in [-0.05, 0) is 12.0 Å². The van der Waals surface area contributed by atoms with Crippen molar-refractivity contribution in [2.75, 3.05) is 19.7 Å². The Balaban J connectivity index is 2.69. The Kier molecular flexibility index (Phi) is 6.39. The Hall–Kier alpha value is -1.39. The Morgan fingerprint density at radius 1 is 1.33 bits per heavy atom. The predicted molar refractivity (Wildman–Crippen MR) is 71.9 cm³/mol. The second kappa shape index (κ2) is 7.84. The van der Waals surface area contributed by atoms with Gasteiger partial charge in [-0.15, -0.1) is 0 Å². The van der Waals surface area contributed by atoms with Crippen LogP contribution in [0, 0.1) is 0 Å². The van der Waals surface area contributed by atoms with Crippen LogP contribution in [0.1, 0.15) is 31.4 Å². The molecule has 0 aliphatic carbocycles. The van der Waals surface area contributed by atoms with Gasteiger partial charge >= 0.3 is 0 Å². The van der Waals surface area contributed by atoms with Gasteiger partial charge in [-0.3, -0.25) is 4.79 Å². The van der Waals surface area contributed by atoms with Crippen LogP contribution in [0.2, 0.25) is 0 Å². The molecule has 0 spiro atoms. The van der Waals surface area contributed by atoms with Gasteiger partial charge in [0.05, 0.1) is 6.61 Å². The molecule has 0 unspecified atom stereocenters.